The predicted molar refractivity (Wildman–Crippen MR) is 71.4 cm³/mol. The molecule has 2 aliphatic rings. The zero-order valence-corrected chi connectivity index (χ0v) is 11.5. The molecule has 0 spiro atoms. The first-order chi connectivity index (χ1) is 9.04. The van der Waals surface area contributed by atoms with Gasteiger partial charge in [0.15, 0.2) is 0 Å². The first-order valence-electron chi connectivity index (χ1n) is 7.27. The van der Waals surface area contributed by atoms with Crippen LogP contribution in [0, 0.1) is 17.8 Å². The van der Waals surface area contributed by atoms with Gasteiger partial charge >= 0.3 is 5.97 Å². The standard InChI is InChI=1S/C14H24N2O3/c1-9(7-15)5-6-12(17)16-8-10-3-2-4-11(10)13(16)14(18)19/h9-11,13H,2-8,15H2,1H3,(H,18,19). The van der Waals surface area contributed by atoms with Crippen molar-refractivity contribution in [3.8, 4) is 0 Å². The minimum atomic E-state index is -0.838. The topological polar surface area (TPSA) is 83.6 Å². The normalized spacial score (nSPS) is 31.3. The Balaban J connectivity index is 1.98. The van der Waals surface area contributed by atoms with Crippen molar-refractivity contribution in [2.75, 3.05) is 13.1 Å². The number of rotatable bonds is 5. The monoisotopic (exact) mass is 268 g/mol. The predicted octanol–water partition coefficient (Wildman–Crippen LogP) is 1.07. The number of likely N-dealkylation sites (tertiary alicyclic amines) is 1. The largest absolute Gasteiger partial charge is 0.480 e. The van der Waals surface area contributed by atoms with Gasteiger partial charge in [-0.05, 0) is 43.6 Å². The summed E-state index contributed by atoms with van der Waals surface area (Å²) >= 11 is 0. The second kappa shape index (κ2) is 5.90. The Morgan fingerprint density at radius 2 is 2.16 bits per heavy atom. The molecule has 19 heavy (non-hydrogen) atoms. The van der Waals surface area contributed by atoms with Crippen molar-refractivity contribution in [3.63, 3.8) is 0 Å². The van der Waals surface area contributed by atoms with Crippen LogP contribution in [0.25, 0.3) is 0 Å². The molecule has 0 aromatic carbocycles. The number of carbonyl (C=O) groups is 2. The lowest BCUT2D eigenvalue weighted by Crippen LogP contribution is -2.43. The maximum atomic E-state index is 12.2. The van der Waals surface area contributed by atoms with Gasteiger partial charge in [-0.15, -0.1) is 0 Å². The molecule has 1 saturated heterocycles. The van der Waals surface area contributed by atoms with Crippen molar-refractivity contribution in [3.05, 3.63) is 0 Å². The fourth-order valence-corrected chi connectivity index (χ4v) is 3.51. The van der Waals surface area contributed by atoms with Gasteiger partial charge in [0.1, 0.15) is 6.04 Å². The fraction of sp³-hybridized carbons (Fsp3) is 0.857. The van der Waals surface area contributed by atoms with Gasteiger partial charge in [0.25, 0.3) is 0 Å². The van der Waals surface area contributed by atoms with E-state index in [1.165, 1.54) is 0 Å². The molecule has 1 heterocycles. The summed E-state index contributed by atoms with van der Waals surface area (Å²) in [5.41, 5.74) is 5.54. The van der Waals surface area contributed by atoms with Crippen molar-refractivity contribution >= 4 is 11.9 Å². The maximum Gasteiger partial charge on any atom is 0.326 e. The highest BCUT2D eigenvalue weighted by Crippen LogP contribution is 2.42. The van der Waals surface area contributed by atoms with Crippen LogP contribution in [0.3, 0.4) is 0 Å². The van der Waals surface area contributed by atoms with Crippen LogP contribution in [0.2, 0.25) is 0 Å². The van der Waals surface area contributed by atoms with Gasteiger partial charge in [0.05, 0.1) is 0 Å². The Hall–Kier alpha value is -1.10. The average Bonchev–Trinajstić information content (AvgIpc) is 2.94. The maximum absolute atomic E-state index is 12.2. The SMILES string of the molecule is CC(CN)CCC(=O)N1CC2CCCC2C1C(=O)O. The van der Waals surface area contributed by atoms with Crippen molar-refractivity contribution in [2.45, 2.75) is 45.1 Å². The van der Waals surface area contributed by atoms with Crippen LogP contribution in [0.5, 0.6) is 0 Å². The van der Waals surface area contributed by atoms with E-state index < -0.39 is 12.0 Å². The Labute approximate surface area is 114 Å². The van der Waals surface area contributed by atoms with E-state index in [1.54, 1.807) is 4.90 Å². The number of carboxylic acids is 1. The van der Waals surface area contributed by atoms with Crippen molar-refractivity contribution in [2.24, 2.45) is 23.5 Å². The second-order valence-electron chi connectivity index (χ2n) is 6.06. The van der Waals surface area contributed by atoms with E-state index >= 15 is 0 Å². The minimum Gasteiger partial charge on any atom is -0.480 e. The van der Waals surface area contributed by atoms with Gasteiger partial charge < -0.3 is 15.7 Å². The van der Waals surface area contributed by atoms with E-state index in [2.05, 4.69) is 0 Å². The van der Waals surface area contributed by atoms with Crippen LogP contribution in [-0.2, 0) is 9.59 Å². The molecule has 4 unspecified atom stereocenters. The molecule has 2 rings (SSSR count). The molecule has 1 amide bonds. The third kappa shape index (κ3) is 2.91. The Morgan fingerprint density at radius 3 is 2.79 bits per heavy atom. The van der Waals surface area contributed by atoms with Gasteiger partial charge in [-0.2, -0.15) is 0 Å². The summed E-state index contributed by atoms with van der Waals surface area (Å²) in [6.45, 7) is 3.22. The van der Waals surface area contributed by atoms with Crippen LogP contribution in [0.1, 0.15) is 39.0 Å². The molecule has 4 atom stereocenters. The third-order valence-electron chi connectivity index (χ3n) is 4.72. The van der Waals surface area contributed by atoms with E-state index in [1.807, 2.05) is 6.92 Å². The summed E-state index contributed by atoms with van der Waals surface area (Å²) < 4.78 is 0. The summed E-state index contributed by atoms with van der Waals surface area (Å²) in [5.74, 6) is 0.0384. The van der Waals surface area contributed by atoms with Crippen molar-refractivity contribution in [1.82, 2.24) is 4.90 Å². The lowest BCUT2D eigenvalue weighted by atomic mass is 9.94. The highest BCUT2D eigenvalue weighted by atomic mass is 16.4. The van der Waals surface area contributed by atoms with Gasteiger partial charge in [0, 0.05) is 13.0 Å². The van der Waals surface area contributed by atoms with E-state index in [0.717, 1.165) is 25.7 Å². The summed E-state index contributed by atoms with van der Waals surface area (Å²) in [5, 5.41) is 9.39. The van der Waals surface area contributed by atoms with Crippen LogP contribution in [-0.4, -0.2) is 41.0 Å². The Morgan fingerprint density at radius 1 is 1.42 bits per heavy atom. The number of fused-ring (bicyclic) bond motifs is 1. The van der Waals surface area contributed by atoms with Crippen LogP contribution >= 0.6 is 0 Å². The number of nitrogens with two attached hydrogens (primary N) is 1. The molecular weight excluding hydrogens is 244 g/mol. The van der Waals surface area contributed by atoms with E-state index in [-0.39, 0.29) is 11.8 Å². The highest BCUT2D eigenvalue weighted by molar-refractivity contribution is 5.84. The molecule has 0 aromatic heterocycles. The van der Waals surface area contributed by atoms with Crippen LogP contribution in [0.4, 0.5) is 0 Å². The summed E-state index contributed by atoms with van der Waals surface area (Å²) in [6.07, 6.45) is 4.28. The smallest absolute Gasteiger partial charge is 0.326 e. The first kappa shape index (κ1) is 14.3. The number of carbonyl (C=O) groups excluding carboxylic acids is 1. The lowest BCUT2D eigenvalue weighted by molar-refractivity contribution is -0.149. The first-order valence-corrected chi connectivity index (χ1v) is 7.27. The molecule has 0 aromatic rings. The molecule has 2 fully saturated rings. The van der Waals surface area contributed by atoms with Crippen molar-refractivity contribution in [1.29, 1.82) is 0 Å². The average molecular weight is 268 g/mol. The Bertz CT molecular complexity index is 359. The number of carboxylic acid groups (broad SMARTS) is 1. The van der Waals surface area contributed by atoms with Crippen LogP contribution < -0.4 is 5.73 Å². The lowest BCUT2D eigenvalue weighted by Gasteiger charge is -2.24. The molecule has 1 saturated carbocycles. The molecule has 5 heteroatoms. The molecule has 3 N–H and O–H groups in total. The molecule has 1 aliphatic heterocycles. The second-order valence-corrected chi connectivity index (χ2v) is 6.06. The summed E-state index contributed by atoms with van der Waals surface area (Å²) in [4.78, 5) is 25.3. The third-order valence-corrected chi connectivity index (χ3v) is 4.72. The number of hydrogen-bond acceptors (Lipinski definition) is 3. The minimum absolute atomic E-state index is 0.0119. The number of hydrogen-bond donors (Lipinski definition) is 2. The van der Waals surface area contributed by atoms with E-state index in [9.17, 15) is 14.7 Å². The van der Waals surface area contributed by atoms with E-state index in [4.69, 9.17) is 5.73 Å². The number of aliphatic carboxylic acids is 1. The van der Waals surface area contributed by atoms with Gasteiger partial charge in [-0.25, -0.2) is 4.79 Å². The molecule has 108 valence electrons. The summed E-state index contributed by atoms with van der Waals surface area (Å²) in [6, 6.07) is -0.590. The molecule has 5 nitrogen and oxygen atoms in total. The zero-order valence-electron chi connectivity index (χ0n) is 11.5. The molecule has 1 aliphatic carbocycles. The molecule has 0 radical (unpaired) electrons. The van der Waals surface area contributed by atoms with Gasteiger partial charge in [-0.1, -0.05) is 13.3 Å². The van der Waals surface area contributed by atoms with E-state index in [0.29, 0.717) is 31.3 Å². The quantitative estimate of drug-likeness (QED) is 0.781. The molecular formula is C14H24N2O3. The summed E-state index contributed by atoms with van der Waals surface area (Å²) in [7, 11) is 0. The van der Waals surface area contributed by atoms with Crippen LogP contribution in [0.15, 0.2) is 0 Å². The van der Waals surface area contributed by atoms with Gasteiger partial charge in [0.2, 0.25) is 5.91 Å². The highest BCUT2D eigenvalue weighted by Gasteiger charge is 2.49. The zero-order chi connectivity index (χ0) is 14.0. The van der Waals surface area contributed by atoms with Gasteiger partial charge in [-0.3, -0.25) is 4.79 Å². The fourth-order valence-electron chi connectivity index (χ4n) is 3.51. The van der Waals surface area contributed by atoms with Crippen molar-refractivity contribution < 1.29 is 14.7 Å². The molecule has 0 bridgehead atoms. The number of nitrogens with zero attached hydrogens (tertiary/aromatic N) is 1. The number of amides is 1. The Kier molecular flexibility index (Phi) is 4.45.